The third-order valence-electron chi connectivity index (χ3n) is 4.21. The molecule has 0 saturated carbocycles. The van der Waals surface area contributed by atoms with Gasteiger partial charge in [-0.15, -0.1) is 0 Å². The maximum absolute atomic E-state index is 4.37. The lowest BCUT2D eigenvalue weighted by molar-refractivity contribution is 0.296. The monoisotopic (exact) mass is 305 g/mol. The third kappa shape index (κ3) is 3.69. The van der Waals surface area contributed by atoms with E-state index in [4.69, 9.17) is 0 Å². The van der Waals surface area contributed by atoms with Gasteiger partial charge >= 0.3 is 0 Å². The Morgan fingerprint density at radius 1 is 0.957 bits per heavy atom. The van der Waals surface area contributed by atoms with Crippen LogP contribution in [0.1, 0.15) is 30.7 Å². The van der Waals surface area contributed by atoms with E-state index in [1.807, 2.05) is 18.2 Å². The van der Waals surface area contributed by atoms with Crippen LogP contribution in [0.2, 0.25) is 0 Å². The van der Waals surface area contributed by atoms with Crippen LogP contribution >= 0.6 is 0 Å². The Balaban J connectivity index is 1.73. The lowest BCUT2D eigenvalue weighted by Crippen LogP contribution is -2.21. The molecule has 1 N–H and O–H groups in total. The van der Waals surface area contributed by atoms with Crippen LogP contribution in [0.5, 0.6) is 0 Å². The van der Waals surface area contributed by atoms with Gasteiger partial charge in [0, 0.05) is 11.9 Å². The van der Waals surface area contributed by atoms with Crippen molar-refractivity contribution in [2.24, 2.45) is 0 Å². The van der Waals surface area contributed by atoms with Crippen LogP contribution in [-0.2, 0) is 6.54 Å². The van der Waals surface area contributed by atoms with Crippen molar-refractivity contribution in [3.05, 3.63) is 65.4 Å². The van der Waals surface area contributed by atoms with Crippen molar-refractivity contribution in [1.82, 2.24) is 15.1 Å². The van der Waals surface area contributed by atoms with Crippen molar-refractivity contribution in [2.75, 3.05) is 13.1 Å². The second-order valence-electron chi connectivity index (χ2n) is 5.69. The second-order valence-corrected chi connectivity index (χ2v) is 5.69. The first-order chi connectivity index (χ1) is 11.3. The number of benzene rings is 2. The SMILES string of the molecule is CCN(CC)Cc1ccc(C=Cc2n[nH]c3ccccc23)cc1. The van der Waals surface area contributed by atoms with Crippen LogP contribution in [0.15, 0.2) is 48.5 Å². The molecular weight excluding hydrogens is 282 g/mol. The molecule has 3 heteroatoms. The molecule has 0 aliphatic rings. The van der Waals surface area contributed by atoms with Crippen LogP contribution in [0.3, 0.4) is 0 Å². The molecule has 0 bridgehead atoms. The van der Waals surface area contributed by atoms with Gasteiger partial charge in [0.25, 0.3) is 0 Å². The highest BCUT2D eigenvalue weighted by atomic mass is 15.1. The van der Waals surface area contributed by atoms with Crippen molar-refractivity contribution in [3.63, 3.8) is 0 Å². The smallest absolute Gasteiger partial charge is 0.0927 e. The summed E-state index contributed by atoms with van der Waals surface area (Å²) in [5, 5.41) is 8.59. The molecule has 0 spiro atoms. The van der Waals surface area contributed by atoms with Crippen LogP contribution in [0.4, 0.5) is 0 Å². The minimum Gasteiger partial charge on any atom is -0.300 e. The number of nitrogens with one attached hydrogen (secondary N) is 1. The van der Waals surface area contributed by atoms with Crippen molar-refractivity contribution in [2.45, 2.75) is 20.4 Å². The molecule has 0 aliphatic carbocycles. The maximum Gasteiger partial charge on any atom is 0.0927 e. The Bertz CT molecular complexity index is 780. The number of para-hydroxylation sites is 1. The fourth-order valence-electron chi connectivity index (χ4n) is 2.73. The topological polar surface area (TPSA) is 31.9 Å². The van der Waals surface area contributed by atoms with E-state index in [-0.39, 0.29) is 0 Å². The molecule has 2 aromatic carbocycles. The highest BCUT2D eigenvalue weighted by Gasteiger charge is 2.02. The largest absolute Gasteiger partial charge is 0.300 e. The molecule has 118 valence electrons. The Labute approximate surface area is 137 Å². The summed E-state index contributed by atoms with van der Waals surface area (Å²) in [5.74, 6) is 0. The molecule has 0 aliphatic heterocycles. The molecule has 1 heterocycles. The van der Waals surface area contributed by atoms with Gasteiger partial charge in [0.2, 0.25) is 0 Å². The Hall–Kier alpha value is -2.39. The molecule has 3 aromatic rings. The number of hydrogen-bond donors (Lipinski definition) is 1. The predicted octanol–water partition coefficient (Wildman–Crippen LogP) is 4.58. The van der Waals surface area contributed by atoms with Gasteiger partial charge < -0.3 is 0 Å². The first-order valence-electron chi connectivity index (χ1n) is 8.22. The van der Waals surface area contributed by atoms with Gasteiger partial charge in [-0.3, -0.25) is 10.00 Å². The zero-order valence-corrected chi connectivity index (χ0v) is 13.8. The van der Waals surface area contributed by atoms with Gasteiger partial charge in [0.1, 0.15) is 0 Å². The van der Waals surface area contributed by atoms with E-state index in [9.17, 15) is 0 Å². The summed E-state index contributed by atoms with van der Waals surface area (Å²) in [5.41, 5.74) is 4.60. The molecule has 0 amide bonds. The normalized spacial score (nSPS) is 11.8. The molecule has 3 rings (SSSR count). The molecule has 0 radical (unpaired) electrons. The fraction of sp³-hybridized carbons (Fsp3) is 0.250. The molecular formula is C20H23N3. The van der Waals surface area contributed by atoms with E-state index in [0.29, 0.717) is 0 Å². The summed E-state index contributed by atoms with van der Waals surface area (Å²) in [7, 11) is 0. The van der Waals surface area contributed by atoms with Gasteiger partial charge in [-0.05, 0) is 36.4 Å². The van der Waals surface area contributed by atoms with E-state index in [0.717, 1.165) is 36.2 Å². The predicted molar refractivity (Wildman–Crippen MR) is 98.1 cm³/mol. The van der Waals surface area contributed by atoms with Crippen molar-refractivity contribution < 1.29 is 0 Å². The highest BCUT2D eigenvalue weighted by molar-refractivity contribution is 5.89. The summed E-state index contributed by atoms with van der Waals surface area (Å²) in [6.45, 7) is 7.60. The average Bonchev–Trinajstić information content (AvgIpc) is 3.02. The fourth-order valence-corrected chi connectivity index (χ4v) is 2.73. The molecule has 0 saturated heterocycles. The second kappa shape index (κ2) is 7.25. The minimum absolute atomic E-state index is 0.979. The summed E-state index contributed by atoms with van der Waals surface area (Å²) in [6.07, 6.45) is 4.18. The molecule has 0 fully saturated rings. The number of fused-ring (bicyclic) bond motifs is 1. The molecule has 1 aromatic heterocycles. The minimum atomic E-state index is 0.979. The quantitative estimate of drug-likeness (QED) is 0.723. The Morgan fingerprint density at radius 3 is 2.43 bits per heavy atom. The maximum atomic E-state index is 4.37. The number of aromatic nitrogens is 2. The van der Waals surface area contributed by atoms with Gasteiger partial charge in [-0.25, -0.2) is 0 Å². The summed E-state index contributed by atoms with van der Waals surface area (Å²) in [4.78, 5) is 2.42. The summed E-state index contributed by atoms with van der Waals surface area (Å²) in [6, 6.07) is 16.9. The number of hydrogen-bond acceptors (Lipinski definition) is 2. The lowest BCUT2D eigenvalue weighted by atomic mass is 10.1. The van der Waals surface area contributed by atoms with Crippen molar-refractivity contribution in [3.8, 4) is 0 Å². The number of nitrogens with zero attached hydrogens (tertiary/aromatic N) is 2. The van der Waals surface area contributed by atoms with Crippen LogP contribution < -0.4 is 0 Å². The van der Waals surface area contributed by atoms with Gasteiger partial charge in [0.05, 0.1) is 11.2 Å². The van der Waals surface area contributed by atoms with E-state index in [2.05, 4.69) is 71.4 Å². The number of aromatic amines is 1. The van der Waals surface area contributed by atoms with Crippen LogP contribution in [-0.4, -0.2) is 28.2 Å². The van der Waals surface area contributed by atoms with Crippen LogP contribution in [0.25, 0.3) is 23.1 Å². The molecule has 0 unspecified atom stereocenters. The van der Waals surface area contributed by atoms with Crippen molar-refractivity contribution >= 4 is 23.1 Å². The van der Waals surface area contributed by atoms with Gasteiger partial charge in [-0.2, -0.15) is 5.10 Å². The first-order valence-corrected chi connectivity index (χ1v) is 8.22. The summed E-state index contributed by atoms with van der Waals surface area (Å²) >= 11 is 0. The van der Waals surface area contributed by atoms with E-state index >= 15 is 0 Å². The molecule has 0 atom stereocenters. The molecule has 3 nitrogen and oxygen atoms in total. The average molecular weight is 305 g/mol. The third-order valence-corrected chi connectivity index (χ3v) is 4.21. The first kappa shape index (κ1) is 15.5. The van der Waals surface area contributed by atoms with Crippen LogP contribution in [0, 0.1) is 0 Å². The van der Waals surface area contributed by atoms with E-state index in [1.165, 1.54) is 11.1 Å². The zero-order valence-electron chi connectivity index (χ0n) is 13.8. The van der Waals surface area contributed by atoms with Gasteiger partial charge in [-0.1, -0.05) is 62.4 Å². The molecule has 23 heavy (non-hydrogen) atoms. The van der Waals surface area contributed by atoms with E-state index < -0.39 is 0 Å². The number of H-pyrrole nitrogens is 1. The summed E-state index contributed by atoms with van der Waals surface area (Å²) < 4.78 is 0. The van der Waals surface area contributed by atoms with Gasteiger partial charge in [0.15, 0.2) is 0 Å². The highest BCUT2D eigenvalue weighted by Crippen LogP contribution is 2.18. The van der Waals surface area contributed by atoms with Crippen molar-refractivity contribution in [1.29, 1.82) is 0 Å². The number of rotatable bonds is 6. The Kier molecular flexibility index (Phi) is 4.89. The van der Waals surface area contributed by atoms with E-state index in [1.54, 1.807) is 0 Å². The standard InChI is InChI=1S/C20H23N3/c1-3-23(4-2)15-17-11-9-16(10-12-17)13-14-20-18-7-5-6-8-19(18)21-22-20/h5-14H,3-4,15H2,1-2H3,(H,21,22). The lowest BCUT2D eigenvalue weighted by Gasteiger charge is -2.17. The Morgan fingerprint density at radius 2 is 1.70 bits per heavy atom. The zero-order chi connectivity index (χ0) is 16.1.